The summed E-state index contributed by atoms with van der Waals surface area (Å²) >= 11 is 1.49. The largest absolute Gasteiger partial charge is 0.431 e. The van der Waals surface area contributed by atoms with E-state index < -0.39 is 11.2 Å². The lowest BCUT2D eigenvalue weighted by Gasteiger charge is -2.18. The predicted molar refractivity (Wildman–Crippen MR) is 112 cm³/mol. The monoisotopic (exact) mass is 412 g/mol. The summed E-state index contributed by atoms with van der Waals surface area (Å²) in [6.07, 6.45) is 2.19. The van der Waals surface area contributed by atoms with Gasteiger partial charge in [-0.3, -0.25) is 14.3 Å². The Morgan fingerprint density at radius 2 is 1.97 bits per heavy atom. The van der Waals surface area contributed by atoms with Crippen molar-refractivity contribution < 1.29 is 4.42 Å². The Morgan fingerprint density at radius 1 is 1.17 bits per heavy atom. The number of fused-ring (bicyclic) bond motifs is 2. The van der Waals surface area contributed by atoms with Crippen molar-refractivity contribution in [3.05, 3.63) is 45.1 Å². The number of H-pyrrole nitrogens is 1. The molecule has 1 N–H and O–H groups in total. The van der Waals surface area contributed by atoms with E-state index in [0.717, 1.165) is 43.0 Å². The minimum atomic E-state index is -0.457. The van der Waals surface area contributed by atoms with E-state index in [9.17, 15) is 9.59 Å². The lowest BCUT2D eigenvalue weighted by molar-refractivity contribution is 0.489. The molecular weight excluding hydrogens is 392 g/mol. The Morgan fingerprint density at radius 3 is 2.76 bits per heavy atom. The number of para-hydroxylation sites is 2. The number of aryl methyl sites for hydroxylation is 2. The van der Waals surface area contributed by atoms with Gasteiger partial charge >= 0.3 is 5.69 Å². The predicted octanol–water partition coefficient (Wildman–Crippen LogP) is 1.96. The minimum absolute atomic E-state index is 0.409. The van der Waals surface area contributed by atoms with Crippen LogP contribution >= 0.6 is 11.8 Å². The number of hydrogen-bond donors (Lipinski definition) is 1. The number of nitrogens with zero attached hydrogens (tertiary/aromatic N) is 5. The number of aromatic nitrogens is 5. The molecule has 0 aliphatic carbocycles. The van der Waals surface area contributed by atoms with Gasteiger partial charge in [-0.2, -0.15) is 4.98 Å². The Bertz CT molecular complexity index is 1280. The quantitative estimate of drug-likeness (QED) is 0.500. The summed E-state index contributed by atoms with van der Waals surface area (Å²) in [5, 5.41) is 0.597. The van der Waals surface area contributed by atoms with Crippen LogP contribution in [-0.4, -0.2) is 42.9 Å². The van der Waals surface area contributed by atoms with Crippen LogP contribution in [0.2, 0.25) is 0 Å². The van der Waals surface area contributed by atoms with Crippen molar-refractivity contribution >= 4 is 40.0 Å². The van der Waals surface area contributed by atoms with Gasteiger partial charge in [0.05, 0.1) is 0 Å². The van der Waals surface area contributed by atoms with Gasteiger partial charge in [-0.25, -0.2) is 9.78 Å². The van der Waals surface area contributed by atoms with Crippen molar-refractivity contribution in [2.75, 3.05) is 23.7 Å². The summed E-state index contributed by atoms with van der Waals surface area (Å²) in [7, 11) is 1.62. The SMILES string of the molecule is Cn1c(=O)[nH]c(=O)c2c1nc(N1CCCC1)n2CCSc1nc2ccccc2o1. The number of anilines is 1. The molecule has 1 aromatic carbocycles. The summed E-state index contributed by atoms with van der Waals surface area (Å²) in [6, 6.07) is 7.65. The summed E-state index contributed by atoms with van der Waals surface area (Å²) in [4.78, 5) is 38.3. The maximum absolute atomic E-state index is 12.6. The van der Waals surface area contributed by atoms with Crippen molar-refractivity contribution in [3.8, 4) is 0 Å². The van der Waals surface area contributed by atoms with Gasteiger partial charge in [0.25, 0.3) is 10.8 Å². The van der Waals surface area contributed by atoms with E-state index in [0.29, 0.717) is 28.7 Å². The topological polar surface area (TPSA) is 102 Å². The fourth-order valence-corrected chi connectivity index (χ4v) is 4.49. The first-order valence-electron chi connectivity index (χ1n) is 9.55. The molecule has 0 radical (unpaired) electrons. The maximum atomic E-state index is 12.6. The van der Waals surface area contributed by atoms with Gasteiger partial charge in [0.1, 0.15) is 5.52 Å². The molecule has 0 atom stereocenters. The lowest BCUT2D eigenvalue weighted by atomic mass is 10.3. The molecule has 0 spiro atoms. The van der Waals surface area contributed by atoms with Crippen LogP contribution in [0, 0.1) is 0 Å². The number of thioether (sulfide) groups is 1. The van der Waals surface area contributed by atoms with E-state index >= 15 is 0 Å². The average Bonchev–Trinajstić information content (AvgIpc) is 3.44. The van der Waals surface area contributed by atoms with Crippen molar-refractivity contribution in [1.29, 1.82) is 0 Å². The zero-order valence-electron chi connectivity index (χ0n) is 15.9. The molecule has 29 heavy (non-hydrogen) atoms. The zero-order chi connectivity index (χ0) is 20.0. The molecule has 0 saturated carbocycles. The maximum Gasteiger partial charge on any atom is 0.329 e. The molecule has 3 aromatic heterocycles. The normalized spacial score (nSPS) is 14.4. The van der Waals surface area contributed by atoms with Crippen LogP contribution in [0.25, 0.3) is 22.3 Å². The van der Waals surface area contributed by atoms with Gasteiger partial charge in [0.2, 0.25) is 5.95 Å². The molecule has 4 aromatic rings. The van der Waals surface area contributed by atoms with Crippen molar-refractivity contribution in [1.82, 2.24) is 24.1 Å². The molecule has 0 unspecified atom stereocenters. The first-order chi connectivity index (χ1) is 14.1. The highest BCUT2D eigenvalue weighted by molar-refractivity contribution is 7.99. The van der Waals surface area contributed by atoms with Gasteiger partial charge in [-0.1, -0.05) is 23.9 Å². The van der Waals surface area contributed by atoms with Crippen molar-refractivity contribution in [2.45, 2.75) is 24.6 Å². The number of nitrogens with one attached hydrogen (secondary N) is 1. The third kappa shape index (κ3) is 3.13. The average molecular weight is 412 g/mol. The second-order valence-corrected chi connectivity index (χ2v) is 8.09. The Balaban J connectivity index is 1.49. The van der Waals surface area contributed by atoms with Gasteiger partial charge in [0, 0.05) is 32.4 Å². The van der Waals surface area contributed by atoms with E-state index in [2.05, 4.69) is 19.9 Å². The first kappa shape index (κ1) is 18.0. The van der Waals surface area contributed by atoms with Crippen LogP contribution in [0.1, 0.15) is 12.8 Å². The van der Waals surface area contributed by atoms with E-state index in [-0.39, 0.29) is 0 Å². The van der Waals surface area contributed by atoms with Crippen LogP contribution in [0.5, 0.6) is 0 Å². The van der Waals surface area contributed by atoms with E-state index in [1.807, 2.05) is 28.8 Å². The number of rotatable bonds is 5. The second-order valence-electron chi connectivity index (χ2n) is 7.04. The van der Waals surface area contributed by atoms with Crippen LogP contribution in [0.4, 0.5) is 5.95 Å². The van der Waals surface area contributed by atoms with Gasteiger partial charge < -0.3 is 13.9 Å². The minimum Gasteiger partial charge on any atom is -0.431 e. The van der Waals surface area contributed by atoms with E-state index in [1.165, 1.54) is 16.3 Å². The molecule has 5 rings (SSSR count). The van der Waals surface area contributed by atoms with Gasteiger partial charge in [-0.05, 0) is 25.0 Å². The fourth-order valence-electron chi connectivity index (χ4n) is 3.73. The molecule has 0 bridgehead atoms. The van der Waals surface area contributed by atoms with Gasteiger partial charge in [0.15, 0.2) is 16.7 Å². The molecule has 10 heteroatoms. The first-order valence-corrected chi connectivity index (χ1v) is 10.5. The van der Waals surface area contributed by atoms with Crippen molar-refractivity contribution in [2.24, 2.45) is 7.05 Å². The number of hydrogen-bond acceptors (Lipinski definition) is 7. The smallest absolute Gasteiger partial charge is 0.329 e. The van der Waals surface area contributed by atoms with Crippen molar-refractivity contribution in [3.63, 3.8) is 0 Å². The fraction of sp³-hybridized carbons (Fsp3) is 0.368. The Kier molecular flexibility index (Phi) is 4.42. The van der Waals surface area contributed by atoms with E-state index in [4.69, 9.17) is 4.42 Å². The summed E-state index contributed by atoms with van der Waals surface area (Å²) in [6.45, 7) is 2.34. The van der Waals surface area contributed by atoms with Crippen LogP contribution < -0.4 is 16.1 Å². The van der Waals surface area contributed by atoms with E-state index in [1.54, 1.807) is 7.05 Å². The third-order valence-corrected chi connectivity index (χ3v) is 6.00. The molecule has 150 valence electrons. The Labute approximate surface area is 169 Å². The molecule has 1 aliphatic rings. The second kappa shape index (κ2) is 7.11. The summed E-state index contributed by atoms with van der Waals surface area (Å²) < 4.78 is 9.07. The molecule has 1 fully saturated rings. The van der Waals surface area contributed by atoms with Crippen LogP contribution in [0.15, 0.2) is 43.5 Å². The summed E-state index contributed by atoms with van der Waals surface area (Å²) in [5.41, 5.74) is 1.55. The molecule has 1 saturated heterocycles. The highest BCUT2D eigenvalue weighted by Crippen LogP contribution is 2.26. The third-order valence-electron chi connectivity index (χ3n) is 5.19. The molecule has 0 amide bonds. The summed E-state index contributed by atoms with van der Waals surface area (Å²) in [5.74, 6) is 1.39. The Hall–Kier alpha value is -3.01. The number of aromatic amines is 1. The molecule has 4 heterocycles. The van der Waals surface area contributed by atoms with Crippen LogP contribution in [-0.2, 0) is 13.6 Å². The molecular formula is C19H20N6O3S. The van der Waals surface area contributed by atoms with Gasteiger partial charge in [-0.15, -0.1) is 0 Å². The van der Waals surface area contributed by atoms with Crippen LogP contribution in [0.3, 0.4) is 0 Å². The molecule has 1 aliphatic heterocycles. The number of benzene rings is 1. The highest BCUT2D eigenvalue weighted by Gasteiger charge is 2.23. The zero-order valence-corrected chi connectivity index (χ0v) is 16.7. The number of imidazole rings is 1. The highest BCUT2D eigenvalue weighted by atomic mass is 32.2. The molecule has 9 nitrogen and oxygen atoms in total. The number of oxazole rings is 1. The standard InChI is InChI=1S/C19H20N6O3S/c1-23-15-14(16(26)22-18(23)27)25(17(21-15)24-8-4-5-9-24)10-11-29-19-20-12-6-2-3-7-13(12)28-19/h2-3,6-7H,4-5,8-11H2,1H3,(H,22,26,27). The lowest BCUT2D eigenvalue weighted by Crippen LogP contribution is -2.29.